The number of methoxy groups -OCH3 is 1. The van der Waals surface area contributed by atoms with E-state index in [0.29, 0.717) is 5.69 Å². The van der Waals surface area contributed by atoms with Crippen molar-refractivity contribution in [2.24, 2.45) is 0 Å². The van der Waals surface area contributed by atoms with E-state index in [1.165, 1.54) is 4.88 Å². The molecule has 0 saturated carbocycles. The van der Waals surface area contributed by atoms with E-state index in [2.05, 4.69) is 40.2 Å². The molecule has 0 spiro atoms. The number of pyridine rings is 1. The molecule has 7 heteroatoms. The summed E-state index contributed by atoms with van der Waals surface area (Å²) in [7, 11) is 3.75. The molecule has 0 saturated heterocycles. The van der Waals surface area contributed by atoms with E-state index in [1.54, 1.807) is 24.6 Å². The highest BCUT2D eigenvalue weighted by molar-refractivity contribution is 7.15. The van der Waals surface area contributed by atoms with Gasteiger partial charge in [0, 0.05) is 52.4 Å². The summed E-state index contributed by atoms with van der Waals surface area (Å²) >= 11 is 1.69. The highest BCUT2D eigenvalue weighted by Crippen LogP contribution is 2.30. The fraction of sp³-hybridized carbons (Fsp3) is 0.174. The molecule has 4 rings (SSSR count). The maximum absolute atomic E-state index is 9.28. The van der Waals surface area contributed by atoms with Crippen molar-refractivity contribution in [3.05, 3.63) is 83.3 Å². The van der Waals surface area contributed by atoms with Crippen molar-refractivity contribution < 1.29 is 4.74 Å². The lowest BCUT2D eigenvalue weighted by Gasteiger charge is -2.14. The molecular weight excluding hydrogens is 394 g/mol. The van der Waals surface area contributed by atoms with Crippen LogP contribution in [0.25, 0.3) is 16.1 Å². The summed E-state index contributed by atoms with van der Waals surface area (Å²) in [6.45, 7) is 1.60. The highest BCUT2D eigenvalue weighted by Gasteiger charge is 2.11. The number of thiophene rings is 1. The van der Waals surface area contributed by atoms with Gasteiger partial charge in [0.15, 0.2) is 0 Å². The first-order valence-electron chi connectivity index (χ1n) is 9.47. The number of hydrogen-bond acceptors (Lipinski definition) is 6. The number of nitrogens with zero attached hydrogens (tertiary/aromatic N) is 5. The Morgan fingerprint density at radius 1 is 1.17 bits per heavy atom. The predicted molar refractivity (Wildman–Crippen MR) is 118 cm³/mol. The Hall–Kier alpha value is -3.47. The number of hydrogen-bond donors (Lipinski definition) is 0. The van der Waals surface area contributed by atoms with Gasteiger partial charge in [-0.3, -0.25) is 4.90 Å². The fourth-order valence-corrected chi connectivity index (χ4v) is 4.38. The van der Waals surface area contributed by atoms with Gasteiger partial charge in [0.1, 0.15) is 17.5 Å². The Bertz CT molecular complexity index is 1190. The maximum Gasteiger partial charge on any atom is 0.149 e. The molecule has 3 heterocycles. The summed E-state index contributed by atoms with van der Waals surface area (Å²) < 4.78 is 7.15. The van der Waals surface area contributed by atoms with Gasteiger partial charge < -0.3 is 4.74 Å². The van der Waals surface area contributed by atoms with Crippen molar-refractivity contribution in [1.82, 2.24) is 19.7 Å². The summed E-state index contributed by atoms with van der Waals surface area (Å²) in [5.74, 6) is 0.809. The second kappa shape index (κ2) is 8.91. The third kappa shape index (κ3) is 4.40. The number of rotatable bonds is 7. The monoisotopic (exact) mass is 415 g/mol. The topological polar surface area (TPSA) is 67.0 Å². The van der Waals surface area contributed by atoms with E-state index in [4.69, 9.17) is 4.74 Å². The predicted octanol–water partition coefficient (Wildman–Crippen LogP) is 4.51. The largest absolute Gasteiger partial charge is 0.497 e. The average molecular weight is 416 g/mol. The third-order valence-corrected chi connectivity index (χ3v) is 5.78. The molecular formula is C23H21N5OS. The molecule has 4 aromatic rings. The first kappa shape index (κ1) is 19.8. The molecule has 0 amide bonds. The molecule has 6 nitrogen and oxygen atoms in total. The lowest BCUT2D eigenvalue weighted by atomic mass is 10.2. The van der Waals surface area contributed by atoms with Gasteiger partial charge in [-0.05, 0) is 43.4 Å². The summed E-state index contributed by atoms with van der Waals surface area (Å²) in [5.41, 5.74) is 3.45. The molecule has 0 fully saturated rings. The number of ether oxygens (including phenoxy) is 1. The van der Waals surface area contributed by atoms with E-state index in [1.807, 2.05) is 53.5 Å². The van der Waals surface area contributed by atoms with Crippen LogP contribution in [0.5, 0.6) is 5.75 Å². The highest BCUT2D eigenvalue weighted by atomic mass is 32.1. The van der Waals surface area contributed by atoms with Crippen molar-refractivity contribution >= 4 is 11.3 Å². The molecule has 0 atom stereocenters. The van der Waals surface area contributed by atoms with Crippen LogP contribution in [0.4, 0.5) is 0 Å². The molecule has 0 bridgehead atoms. The van der Waals surface area contributed by atoms with Gasteiger partial charge in [-0.1, -0.05) is 6.07 Å². The number of benzene rings is 1. The van der Waals surface area contributed by atoms with Crippen molar-refractivity contribution in [3.8, 4) is 27.9 Å². The van der Waals surface area contributed by atoms with Gasteiger partial charge in [0.2, 0.25) is 0 Å². The summed E-state index contributed by atoms with van der Waals surface area (Å²) in [4.78, 5) is 8.70. The summed E-state index contributed by atoms with van der Waals surface area (Å²) in [6.07, 6.45) is 5.58. The minimum Gasteiger partial charge on any atom is -0.497 e. The van der Waals surface area contributed by atoms with Gasteiger partial charge in [-0.15, -0.1) is 11.3 Å². The van der Waals surface area contributed by atoms with Crippen LogP contribution in [-0.2, 0) is 13.1 Å². The minimum absolute atomic E-state index is 0.462. The van der Waals surface area contributed by atoms with E-state index in [9.17, 15) is 5.26 Å². The molecule has 3 aromatic heterocycles. The number of aromatic nitrogens is 3. The average Bonchev–Trinajstić information content (AvgIpc) is 3.43. The Morgan fingerprint density at radius 3 is 2.90 bits per heavy atom. The third-order valence-electron chi connectivity index (χ3n) is 4.67. The summed E-state index contributed by atoms with van der Waals surface area (Å²) in [5, 5.41) is 13.8. The van der Waals surface area contributed by atoms with Crippen LogP contribution in [0.1, 0.15) is 16.1 Å². The summed E-state index contributed by atoms with van der Waals surface area (Å²) in [6, 6.07) is 18.0. The molecule has 0 N–H and O–H groups in total. The lowest BCUT2D eigenvalue weighted by Crippen LogP contribution is -2.16. The Labute approximate surface area is 179 Å². The zero-order valence-corrected chi connectivity index (χ0v) is 17.6. The zero-order valence-electron chi connectivity index (χ0n) is 16.8. The van der Waals surface area contributed by atoms with Crippen molar-refractivity contribution in [1.29, 1.82) is 5.26 Å². The lowest BCUT2D eigenvalue weighted by molar-refractivity contribution is 0.322. The molecule has 150 valence electrons. The van der Waals surface area contributed by atoms with Crippen LogP contribution < -0.4 is 4.74 Å². The second-order valence-electron chi connectivity index (χ2n) is 6.94. The van der Waals surface area contributed by atoms with Crippen LogP contribution >= 0.6 is 11.3 Å². The van der Waals surface area contributed by atoms with Gasteiger partial charge in [0.25, 0.3) is 0 Å². The van der Waals surface area contributed by atoms with Crippen molar-refractivity contribution in [2.45, 2.75) is 13.1 Å². The van der Waals surface area contributed by atoms with E-state index in [-0.39, 0.29) is 0 Å². The second-order valence-corrected chi connectivity index (χ2v) is 8.11. The standard InChI is InChI=1S/C23H21N5OS/c1-27(14-17-13-26-28(15-17)18-5-3-6-19(11-18)29-2)16-20-8-9-23(30-20)21-7-4-10-25-22(21)12-24/h3-11,13,15H,14,16H2,1-2H3. The van der Waals surface area contributed by atoms with Crippen molar-refractivity contribution in [2.75, 3.05) is 14.2 Å². The van der Waals surface area contributed by atoms with Gasteiger partial charge in [0.05, 0.1) is 19.0 Å². The van der Waals surface area contributed by atoms with Crippen molar-refractivity contribution in [3.63, 3.8) is 0 Å². The van der Waals surface area contributed by atoms with Crippen LogP contribution in [0.2, 0.25) is 0 Å². The van der Waals surface area contributed by atoms with Crippen LogP contribution in [0, 0.1) is 11.3 Å². The quantitative estimate of drug-likeness (QED) is 0.444. The Morgan fingerprint density at radius 2 is 2.07 bits per heavy atom. The molecule has 0 radical (unpaired) electrons. The number of nitriles is 1. The fourth-order valence-electron chi connectivity index (χ4n) is 3.27. The van der Waals surface area contributed by atoms with Gasteiger partial charge in [-0.25, -0.2) is 9.67 Å². The normalized spacial score (nSPS) is 10.9. The van der Waals surface area contributed by atoms with Crippen LogP contribution in [-0.4, -0.2) is 33.8 Å². The smallest absolute Gasteiger partial charge is 0.149 e. The first-order chi connectivity index (χ1) is 14.7. The SMILES string of the molecule is COc1cccc(-n2cc(CN(C)Cc3ccc(-c4cccnc4C#N)s3)cn2)c1. The maximum atomic E-state index is 9.28. The van der Waals surface area contributed by atoms with E-state index < -0.39 is 0 Å². The molecule has 0 aliphatic rings. The molecule has 0 aliphatic heterocycles. The molecule has 30 heavy (non-hydrogen) atoms. The van der Waals surface area contributed by atoms with Gasteiger partial charge >= 0.3 is 0 Å². The van der Waals surface area contributed by atoms with E-state index in [0.717, 1.165) is 40.5 Å². The Kier molecular flexibility index (Phi) is 5.89. The van der Waals surface area contributed by atoms with E-state index >= 15 is 0 Å². The van der Waals surface area contributed by atoms with Gasteiger partial charge in [-0.2, -0.15) is 10.4 Å². The molecule has 0 aliphatic carbocycles. The Balaban J connectivity index is 1.42. The minimum atomic E-state index is 0.462. The van der Waals surface area contributed by atoms with Crippen LogP contribution in [0.3, 0.4) is 0 Å². The molecule has 1 aromatic carbocycles. The zero-order chi connectivity index (χ0) is 20.9. The first-order valence-corrected chi connectivity index (χ1v) is 10.3. The van der Waals surface area contributed by atoms with Crippen LogP contribution in [0.15, 0.2) is 67.1 Å². The molecule has 0 unspecified atom stereocenters.